The van der Waals surface area contributed by atoms with Crippen molar-refractivity contribution in [3.05, 3.63) is 70.0 Å². The molecular formula is C29H33Cl2F2N3O6. The molecule has 0 radical (unpaired) electrons. The van der Waals surface area contributed by atoms with E-state index in [0.717, 1.165) is 12.8 Å². The molecule has 1 atom stereocenters. The second-order valence-corrected chi connectivity index (χ2v) is 11.5. The van der Waals surface area contributed by atoms with Crippen LogP contribution in [0, 0.1) is 5.92 Å². The van der Waals surface area contributed by atoms with E-state index >= 15 is 0 Å². The van der Waals surface area contributed by atoms with E-state index in [2.05, 4.69) is 20.4 Å². The third-order valence-electron chi connectivity index (χ3n) is 5.82. The highest BCUT2D eigenvalue weighted by Gasteiger charge is 2.24. The van der Waals surface area contributed by atoms with E-state index in [-0.39, 0.29) is 49.8 Å². The fraction of sp³-hybridized carbons (Fsp3) is 0.379. The molecule has 0 aliphatic heterocycles. The van der Waals surface area contributed by atoms with Gasteiger partial charge in [-0.2, -0.15) is 8.78 Å². The lowest BCUT2D eigenvalue weighted by molar-refractivity contribution is -0.0515. The molecule has 228 valence electrons. The van der Waals surface area contributed by atoms with E-state index in [1.54, 1.807) is 0 Å². The van der Waals surface area contributed by atoms with Crippen molar-refractivity contribution in [2.24, 2.45) is 5.92 Å². The van der Waals surface area contributed by atoms with Crippen LogP contribution < -0.4 is 20.1 Å². The maximum Gasteiger partial charge on any atom is 0.387 e. The number of nitrogens with zero attached hydrogens (tertiary/aromatic N) is 1. The lowest BCUT2D eigenvalue weighted by atomic mass is 10.1. The number of aliphatic hydroxyl groups excluding tert-OH is 1. The van der Waals surface area contributed by atoms with Crippen molar-refractivity contribution in [1.82, 2.24) is 10.3 Å². The monoisotopic (exact) mass is 627 g/mol. The molecule has 1 aromatic heterocycles. The van der Waals surface area contributed by atoms with Gasteiger partial charge in [0.1, 0.15) is 11.5 Å². The number of amides is 1. The number of aromatic hydroxyl groups is 2. The largest absolute Gasteiger partial charge is 0.508 e. The Labute approximate surface area is 252 Å². The molecule has 1 heterocycles. The topological polar surface area (TPSA) is 133 Å². The number of benzene rings is 2. The van der Waals surface area contributed by atoms with Crippen LogP contribution in [-0.2, 0) is 0 Å². The van der Waals surface area contributed by atoms with Gasteiger partial charge < -0.3 is 35.4 Å². The molecule has 0 saturated heterocycles. The SMILES string of the molecule is CC(C)(C)NCC(O)c1cc(O)cc(O)c1.O=C(Nc1c(Cl)cncc1Cl)c1ccc(OC(F)F)c(OCC2CC2)c1. The van der Waals surface area contributed by atoms with Crippen molar-refractivity contribution in [3.8, 4) is 23.0 Å². The molecule has 1 amide bonds. The number of hydrogen-bond donors (Lipinski definition) is 5. The summed E-state index contributed by atoms with van der Waals surface area (Å²) in [5.74, 6) is -0.273. The second kappa shape index (κ2) is 14.7. The Kier molecular flexibility index (Phi) is 11.6. The van der Waals surface area contributed by atoms with Gasteiger partial charge in [-0.15, -0.1) is 0 Å². The quantitative estimate of drug-likeness (QED) is 0.171. The number of phenols is 2. The zero-order chi connectivity index (χ0) is 31.0. The molecule has 13 heteroatoms. The number of β-amino-alcohol motifs (C(OH)–C–C–N with tert-alkyl or cyclic N) is 1. The van der Waals surface area contributed by atoms with Gasteiger partial charge in [0, 0.05) is 36.1 Å². The zero-order valence-electron chi connectivity index (χ0n) is 23.2. The summed E-state index contributed by atoms with van der Waals surface area (Å²) in [6.07, 6.45) is 3.99. The number of carbonyl (C=O) groups excluding carboxylic acids is 1. The third-order valence-corrected chi connectivity index (χ3v) is 6.39. The van der Waals surface area contributed by atoms with Gasteiger partial charge >= 0.3 is 6.61 Å². The number of anilines is 1. The molecule has 42 heavy (non-hydrogen) atoms. The molecule has 0 spiro atoms. The Balaban J connectivity index is 0.000000260. The number of aromatic nitrogens is 1. The van der Waals surface area contributed by atoms with Crippen LogP contribution in [0.1, 0.15) is 55.6 Å². The second-order valence-electron chi connectivity index (χ2n) is 10.7. The van der Waals surface area contributed by atoms with Crippen LogP contribution in [0.15, 0.2) is 48.8 Å². The third kappa shape index (κ3) is 10.8. The average Bonchev–Trinajstić information content (AvgIpc) is 3.72. The van der Waals surface area contributed by atoms with Gasteiger partial charge in [-0.05, 0) is 75.4 Å². The number of alkyl halides is 2. The van der Waals surface area contributed by atoms with Gasteiger partial charge in [0.2, 0.25) is 0 Å². The standard InChI is InChI=1S/C17H14Cl2F2N2O3.C12H19NO3/c18-11-6-22-7-12(19)15(11)23-16(24)10-3-4-13(26-17(20)21)14(5-10)25-8-9-1-2-9;1-12(2,3)13-7-11(16)8-4-9(14)6-10(15)5-8/h3-7,9,17H,1-2,8H2,(H,22,23,24);4-6,11,13-16H,7H2,1-3H3. The van der Waals surface area contributed by atoms with Crippen molar-refractivity contribution < 1.29 is 38.4 Å². The number of halogens is 4. The molecule has 3 aromatic rings. The Morgan fingerprint density at radius 3 is 2.21 bits per heavy atom. The molecule has 1 fully saturated rings. The average molecular weight is 628 g/mol. The summed E-state index contributed by atoms with van der Waals surface area (Å²) in [5, 5.41) is 34.5. The molecule has 1 saturated carbocycles. The van der Waals surface area contributed by atoms with E-state index in [1.165, 1.54) is 48.8 Å². The van der Waals surface area contributed by atoms with E-state index in [9.17, 15) is 28.9 Å². The number of rotatable bonds is 10. The predicted molar refractivity (Wildman–Crippen MR) is 156 cm³/mol. The highest BCUT2D eigenvalue weighted by molar-refractivity contribution is 6.39. The van der Waals surface area contributed by atoms with Crippen molar-refractivity contribution in [2.75, 3.05) is 18.5 Å². The first-order valence-electron chi connectivity index (χ1n) is 13.0. The summed E-state index contributed by atoms with van der Waals surface area (Å²) in [5.41, 5.74) is 0.803. The van der Waals surface area contributed by atoms with Crippen LogP contribution in [0.25, 0.3) is 0 Å². The molecule has 5 N–H and O–H groups in total. The van der Waals surface area contributed by atoms with Crippen molar-refractivity contribution in [1.29, 1.82) is 0 Å². The summed E-state index contributed by atoms with van der Waals surface area (Å²) in [7, 11) is 0. The van der Waals surface area contributed by atoms with Gasteiger partial charge in [-0.25, -0.2) is 0 Å². The Bertz CT molecular complexity index is 1330. The van der Waals surface area contributed by atoms with Crippen LogP contribution >= 0.6 is 23.2 Å². The van der Waals surface area contributed by atoms with Crippen molar-refractivity contribution >= 4 is 34.8 Å². The maximum atomic E-state index is 12.6. The molecule has 2 aromatic carbocycles. The normalized spacial score (nSPS) is 13.6. The molecule has 9 nitrogen and oxygen atoms in total. The summed E-state index contributed by atoms with van der Waals surface area (Å²) in [6.45, 7) is 3.75. The van der Waals surface area contributed by atoms with Crippen LogP contribution in [0.3, 0.4) is 0 Å². The van der Waals surface area contributed by atoms with E-state index in [1.807, 2.05) is 20.8 Å². The smallest absolute Gasteiger partial charge is 0.387 e. The summed E-state index contributed by atoms with van der Waals surface area (Å²) in [4.78, 5) is 16.3. The van der Waals surface area contributed by atoms with Crippen LogP contribution in [0.4, 0.5) is 14.5 Å². The lowest BCUT2D eigenvalue weighted by Gasteiger charge is -2.23. The minimum absolute atomic E-state index is 0.0511. The summed E-state index contributed by atoms with van der Waals surface area (Å²) in [6, 6.07) is 8.06. The molecule has 1 aliphatic rings. The number of pyridine rings is 1. The Hall–Kier alpha value is -3.38. The molecule has 0 bridgehead atoms. The number of ether oxygens (including phenoxy) is 2. The lowest BCUT2D eigenvalue weighted by Crippen LogP contribution is -2.38. The molecule has 1 unspecified atom stereocenters. The zero-order valence-corrected chi connectivity index (χ0v) is 24.7. The van der Waals surface area contributed by atoms with Crippen LogP contribution in [0.2, 0.25) is 10.0 Å². The minimum atomic E-state index is -2.99. The Morgan fingerprint density at radius 2 is 1.67 bits per heavy atom. The number of nitrogens with one attached hydrogen (secondary N) is 2. The number of phenolic OH excluding ortho intramolecular Hbond substituents is 2. The first kappa shape index (κ1) is 33.1. The van der Waals surface area contributed by atoms with Gasteiger partial charge in [-0.1, -0.05) is 23.2 Å². The van der Waals surface area contributed by atoms with Crippen LogP contribution in [0.5, 0.6) is 23.0 Å². The fourth-order valence-electron chi connectivity index (χ4n) is 3.50. The van der Waals surface area contributed by atoms with E-state index in [4.69, 9.17) is 27.9 Å². The molecule has 4 rings (SSSR count). The van der Waals surface area contributed by atoms with Gasteiger partial charge in [-0.3, -0.25) is 9.78 Å². The van der Waals surface area contributed by atoms with Gasteiger partial charge in [0.25, 0.3) is 5.91 Å². The highest BCUT2D eigenvalue weighted by atomic mass is 35.5. The Morgan fingerprint density at radius 1 is 1.05 bits per heavy atom. The van der Waals surface area contributed by atoms with Crippen LogP contribution in [-0.4, -0.2) is 51.5 Å². The number of carbonyl (C=O) groups is 1. The minimum Gasteiger partial charge on any atom is -0.508 e. The van der Waals surface area contributed by atoms with E-state index in [0.29, 0.717) is 24.6 Å². The number of aliphatic hydroxyl groups is 1. The maximum absolute atomic E-state index is 12.6. The highest BCUT2D eigenvalue weighted by Crippen LogP contribution is 2.35. The molecular weight excluding hydrogens is 595 g/mol. The predicted octanol–water partition coefficient (Wildman–Crippen LogP) is 6.55. The fourth-order valence-corrected chi connectivity index (χ4v) is 3.95. The van der Waals surface area contributed by atoms with E-state index < -0.39 is 18.6 Å². The summed E-state index contributed by atoms with van der Waals surface area (Å²) < 4.78 is 35.1. The van der Waals surface area contributed by atoms with Gasteiger partial charge in [0.05, 0.1) is 28.4 Å². The van der Waals surface area contributed by atoms with Gasteiger partial charge in [0.15, 0.2) is 11.5 Å². The first-order valence-corrected chi connectivity index (χ1v) is 13.8. The van der Waals surface area contributed by atoms with Crippen molar-refractivity contribution in [2.45, 2.75) is 51.9 Å². The van der Waals surface area contributed by atoms with Crippen molar-refractivity contribution in [3.63, 3.8) is 0 Å². The summed E-state index contributed by atoms with van der Waals surface area (Å²) >= 11 is 12.0. The number of hydrogen-bond acceptors (Lipinski definition) is 8. The first-order chi connectivity index (χ1) is 19.7. The molecule has 1 aliphatic carbocycles.